The molecule has 0 radical (unpaired) electrons. The number of hydrogen-bond acceptors (Lipinski definition) is 3. The van der Waals surface area contributed by atoms with E-state index in [0.29, 0.717) is 30.0 Å². The number of nitrogens with one attached hydrogen (secondary N) is 1. The van der Waals surface area contributed by atoms with Crippen molar-refractivity contribution >= 4 is 29.9 Å². The fraction of sp³-hybridized carbons (Fsp3) is 0.938. The largest absolute Gasteiger partial charge is 0.393 e. The first-order valence-electron chi connectivity index (χ1n) is 8.55. The lowest BCUT2D eigenvalue weighted by molar-refractivity contribution is 0.0766. The lowest BCUT2D eigenvalue weighted by Crippen LogP contribution is -2.43. The summed E-state index contributed by atoms with van der Waals surface area (Å²) < 4.78 is 6.04. The van der Waals surface area contributed by atoms with Crippen LogP contribution in [0.3, 0.4) is 0 Å². The number of hydrogen-bond donors (Lipinski definition) is 2. The molecular weight excluding hydrogens is 393 g/mol. The third-order valence-electron chi connectivity index (χ3n) is 6.11. The van der Waals surface area contributed by atoms with Crippen LogP contribution in [0.5, 0.6) is 0 Å². The van der Waals surface area contributed by atoms with Gasteiger partial charge in [-0.3, -0.25) is 4.99 Å². The monoisotopic (exact) mass is 421 g/mol. The van der Waals surface area contributed by atoms with Crippen LogP contribution < -0.4 is 5.32 Å². The van der Waals surface area contributed by atoms with Gasteiger partial charge in [-0.1, -0.05) is 6.42 Å². The second-order valence-electron chi connectivity index (χ2n) is 7.21. The van der Waals surface area contributed by atoms with Gasteiger partial charge >= 0.3 is 0 Å². The molecule has 0 aromatic carbocycles. The SMILES string of the molecule is CN=C(NCC1CCCC1O)N1CC2C3CCC(O3)C2C1.I. The average molecular weight is 421 g/mol. The third-order valence-corrected chi connectivity index (χ3v) is 6.11. The Labute approximate surface area is 149 Å². The van der Waals surface area contributed by atoms with E-state index < -0.39 is 0 Å². The van der Waals surface area contributed by atoms with Gasteiger partial charge in [-0.2, -0.15) is 0 Å². The summed E-state index contributed by atoms with van der Waals surface area (Å²) in [6.07, 6.45) is 6.62. The molecule has 1 saturated carbocycles. The predicted octanol–water partition coefficient (Wildman–Crippen LogP) is 1.45. The van der Waals surface area contributed by atoms with Crippen LogP contribution in [0.1, 0.15) is 32.1 Å². The van der Waals surface area contributed by atoms with Gasteiger partial charge in [-0.25, -0.2) is 0 Å². The molecule has 2 N–H and O–H groups in total. The van der Waals surface area contributed by atoms with E-state index in [1.165, 1.54) is 12.8 Å². The predicted molar refractivity (Wildman–Crippen MR) is 96.6 cm³/mol. The Morgan fingerprint density at radius 3 is 2.41 bits per heavy atom. The molecule has 3 aliphatic heterocycles. The van der Waals surface area contributed by atoms with Gasteiger partial charge in [-0.05, 0) is 25.7 Å². The smallest absolute Gasteiger partial charge is 0.193 e. The first kappa shape index (κ1) is 16.8. The van der Waals surface area contributed by atoms with Crippen molar-refractivity contribution in [3.8, 4) is 0 Å². The first-order chi connectivity index (χ1) is 10.3. The van der Waals surface area contributed by atoms with Crippen molar-refractivity contribution in [3.63, 3.8) is 0 Å². The lowest BCUT2D eigenvalue weighted by atomic mass is 9.82. The van der Waals surface area contributed by atoms with Crippen LogP contribution in [0.2, 0.25) is 0 Å². The third kappa shape index (κ3) is 2.86. The minimum atomic E-state index is -0.127. The molecule has 5 nitrogen and oxygen atoms in total. The van der Waals surface area contributed by atoms with Gasteiger partial charge in [0.1, 0.15) is 0 Å². The normalized spacial score (nSPS) is 43.4. The first-order valence-corrected chi connectivity index (χ1v) is 8.55. The highest BCUT2D eigenvalue weighted by Crippen LogP contribution is 2.47. The molecule has 22 heavy (non-hydrogen) atoms. The van der Waals surface area contributed by atoms with E-state index in [-0.39, 0.29) is 30.1 Å². The van der Waals surface area contributed by atoms with Crippen molar-refractivity contribution in [2.75, 3.05) is 26.7 Å². The topological polar surface area (TPSA) is 57.1 Å². The van der Waals surface area contributed by atoms with Crippen LogP contribution in [0.4, 0.5) is 0 Å². The summed E-state index contributed by atoms with van der Waals surface area (Å²) in [6.45, 7) is 3.01. The Kier molecular flexibility index (Phi) is 5.19. The Morgan fingerprint density at radius 1 is 1.18 bits per heavy atom. The number of rotatable bonds is 2. The van der Waals surface area contributed by atoms with Gasteiger partial charge in [0.25, 0.3) is 0 Å². The number of guanidine groups is 1. The maximum atomic E-state index is 9.94. The number of likely N-dealkylation sites (tertiary alicyclic amines) is 1. The maximum Gasteiger partial charge on any atom is 0.193 e. The van der Waals surface area contributed by atoms with Crippen LogP contribution in [-0.2, 0) is 4.74 Å². The Balaban J connectivity index is 0.00000144. The molecule has 3 saturated heterocycles. The molecule has 6 unspecified atom stereocenters. The average Bonchev–Trinajstić information content (AvgIpc) is 3.20. The molecule has 0 aromatic heterocycles. The molecule has 4 aliphatic rings. The van der Waals surface area contributed by atoms with Crippen LogP contribution >= 0.6 is 24.0 Å². The molecule has 4 rings (SSSR count). The minimum Gasteiger partial charge on any atom is -0.393 e. The number of aliphatic hydroxyl groups excluding tert-OH is 1. The van der Waals surface area contributed by atoms with Gasteiger partial charge in [0.05, 0.1) is 18.3 Å². The maximum absolute atomic E-state index is 9.94. The number of fused-ring (bicyclic) bond motifs is 5. The summed E-state index contributed by atoms with van der Waals surface area (Å²) in [5.41, 5.74) is 0. The van der Waals surface area contributed by atoms with Crippen molar-refractivity contribution in [2.24, 2.45) is 22.7 Å². The van der Waals surface area contributed by atoms with E-state index in [9.17, 15) is 5.11 Å². The standard InChI is InChI=1S/C16H27N3O2.HI/c1-17-16(18-7-10-3-2-4-13(10)20)19-8-11-12(9-19)15-6-5-14(11)21-15;/h10-15,20H,2-9H2,1H3,(H,17,18);1H. The molecule has 0 aromatic rings. The van der Waals surface area contributed by atoms with Crippen molar-refractivity contribution in [3.05, 3.63) is 0 Å². The zero-order valence-corrected chi connectivity index (χ0v) is 15.6. The molecular formula is C16H28IN3O2. The van der Waals surface area contributed by atoms with Crippen LogP contribution in [0.15, 0.2) is 4.99 Å². The van der Waals surface area contributed by atoms with E-state index in [1.807, 2.05) is 7.05 Å². The quantitative estimate of drug-likeness (QED) is 0.403. The zero-order chi connectivity index (χ0) is 14.4. The molecule has 6 heteroatoms. The summed E-state index contributed by atoms with van der Waals surface area (Å²) in [6, 6.07) is 0. The van der Waals surface area contributed by atoms with Crippen LogP contribution in [-0.4, -0.2) is 61.0 Å². The number of nitrogens with zero attached hydrogens (tertiary/aromatic N) is 2. The summed E-state index contributed by atoms with van der Waals surface area (Å²) in [5.74, 6) is 2.82. The summed E-state index contributed by atoms with van der Waals surface area (Å²) in [4.78, 5) is 6.87. The summed E-state index contributed by atoms with van der Waals surface area (Å²) in [5, 5.41) is 13.4. The molecule has 1 aliphatic carbocycles. The summed E-state index contributed by atoms with van der Waals surface area (Å²) >= 11 is 0. The highest BCUT2D eigenvalue weighted by molar-refractivity contribution is 14.0. The van der Waals surface area contributed by atoms with Crippen molar-refractivity contribution < 1.29 is 9.84 Å². The van der Waals surface area contributed by atoms with E-state index in [1.54, 1.807) is 0 Å². The fourth-order valence-electron chi connectivity index (χ4n) is 4.94. The number of aliphatic hydroxyl groups is 1. The fourth-order valence-corrected chi connectivity index (χ4v) is 4.94. The van der Waals surface area contributed by atoms with Crippen LogP contribution in [0.25, 0.3) is 0 Å². The molecule has 4 fully saturated rings. The lowest BCUT2D eigenvalue weighted by Gasteiger charge is -2.25. The number of aliphatic imine (C=N–C) groups is 1. The van der Waals surface area contributed by atoms with Gasteiger partial charge in [-0.15, -0.1) is 24.0 Å². The second kappa shape index (κ2) is 6.81. The van der Waals surface area contributed by atoms with Crippen LogP contribution in [0, 0.1) is 17.8 Å². The molecule has 2 bridgehead atoms. The highest BCUT2D eigenvalue weighted by atomic mass is 127. The van der Waals surface area contributed by atoms with Gasteiger partial charge < -0.3 is 20.1 Å². The van der Waals surface area contributed by atoms with E-state index in [2.05, 4.69) is 15.2 Å². The molecule has 126 valence electrons. The van der Waals surface area contributed by atoms with Gasteiger partial charge in [0, 0.05) is 44.4 Å². The minimum absolute atomic E-state index is 0. The molecule has 3 heterocycles. The Hall–Kier alpha value is -0.0800. The van der Waals surface area contributed by atoms with E-state index >= 15 is 0 Å². The molecule has 6 atom stereocenters. The molecule has 0 spiro atoms. The summed E-state index contributed by atoms with van der Waals surface area (Å²) in [7, 11) is 1.87. The van der Waals surface area contributed by atoms with Crippen molar-refractivity contribution in [2.45, 2.75) is 50.4 Å². The molecule has 0 amide bonds. The number of halogens is 1. The van der Waals surface area contributed by atoms with E-state index in [0.717, 1.165) is 44.9 Å². The Morgan fingerprint density at radius 2 is 1.86 bits per heavy atom. The highest BCUT2D eigenvalue weighted by Gasteiger charge is 2.53. The van der Waals surface area contributed by atoms with Crippen molar-refractivity contribution in [1.29, 1.82) is 0 Å². The van der Waals surface area contributed by atoms with Gasteiger partial charge in [0.15, 0.2) is 5.96 Å². The van der Waals surface area contributed by atoms with Crippen molar-refractivity contribution in [1.82, 2.24) is 10.2 Å². The zero-order valence-electron chi connectivity index (χ0n) is 13.3. The Bertz CT molecular complexity index is 416. The number of ether oxygens (including phenoxy) is 1. The van der Waals surface area contributed by atoms with Gasteiger partial charge in [0.2, 0.25) is 0 Å². The van der Waals surface area contributed by atoms with E-state index in [4.69, 9.17) is 4.74 Å². The second-order valence-corrected chi connectivity index (χ2v) is 7.21.